The van der Waals surface area contributed by atoms with E-state index in [-0.39, 0.29) is 17.6 Å². The molecule has 2 N–H and O–H groups in total. The van der Waals surface area contributed by atoms with Crippen LogP contribution in [0.1, 0.15) is 37.7 Å². The van der Waals surface area contributed by atoms with Gasteiger partial charge in [-0.2, -0.15) is 0 Å². The number of amides is 2. The lowest BCUT2D eigenvalue weighted by Gasteiger charge is -2.33. The van der Waals surface area contributed by atoms with Gasteiger partial charge in [0.15, 0.2) is 5.58 Å². The first-order valence-electron chi connectivity index (χ1n) is 10.4. The van der Waals surface area contributed by atoms with Crippen LogP contribution in [0.15, 0.2) is 40.8 Å². The number of carboxylic acid groups (broad SMARTS) is 1. The molecule has 1 fully saturated rings. The van der Waals surface area contributed by atoms with Crippen LogP contribution in [0.5, 0.6) is 0 Å². The molecule has 2 aromatic carbocycles. The van der Waals surface area contributed by atoms with Crippen LogP contribution in [0.4, 0.5) is 14.9 Å². The predicted octanol–water partition coefficient (Wildman–Crippen LogP) is 5.19. The molecular formula is C23H24FN3O4. The Morgan fingerprint density at radius 3 is 2.68 bits per heavy atom. The van der Waals surface area contributed by atoms with E-state index in [1.54, 1.807) is 6.07 Å². The number of urea groups is 1. The van der Waals surface area contributed by atoms with Gasteiger partial charge < -0.3 is 19.7 Å². The Labute approximate surface area is 178 Å². The van der Waals surface area contributed by atoms with Gasteiger partial charge in [-0.15, -0.1) is 0 Å². The number of oxazole rings is 1. The van der Waals surface area contributed by atoms with Crippen molar-refractivity contribution in [2.75, 3.05) is 11.9 Å². The van der Waals surface area contributed by atoms with Crippen LogP contribution in [-0.2, 0) is 4.79 Å². The number of nitrogens with zero attached hydrogens (tertiary/aromatic N) is 2. The number of benzene rings is 2. The number of aliphatic carboxylic acids is 1. The summed E-state index contributed by atoms with van der Waals surface area (Å²) in [7, 11) is 0. The third kappa shape index (κ3) is 4.68. The maximum absolute atomic E-state index is 14.8. The molecule has 0 atom stereocenters. The highest BCUT2D eigenvalue weighted by Gasteiger charge is 2.28. The number of aryl methyl sites for hydroxylation is 1. The van der Waals surface area contributed by atoms with Gasteiger partial charge in [-0.25, -0.2) is 14.2 Å². The molecule has 0 aliphatic heterocycles. The Morgan fingerprint density at radius 1 is 1.19 bits per heavy atom. The molecule has 4 rings (SSSR count). The maximum atomic E-state index is 14.8. The van der Waals surface area contributed by atoms with Gasteiger partial charge >= 0.3 is 12.0 Å². The summed E-state index contributed by atoms with van der Waals surface area (Å²) in [5.41, 5.74) is 2.76. The Bertz CT molecular complexity index is 1120. The van der Waals surface area contributed by atoms with Crippen LogP contribution in [0, 0.1) is 12.7 Å². The van der Waals surface area contributed by atoms with Gasteiger partial charge in [0.2, 0.25) is 5.89 Å². The number of anilines is 1. The molecule has 162 valence electrons. The van der Waals surface area contributed by atoms with Gasteiger partial charge in [-0.3, -0.25) is 4.79 Å². The predicted molar refractivity (Wildman–Crippen MR) is 114 cm³/mol. The molecule has 0 bridgehead atoms. The summed E-state index contributed by atoms with van der Waals surface area (Å²) >= 11 is 0. The van der Waals surface area contributed by atoms with Gasteiger partial charge in [0.05, 0.1) is 5.69 Å². The molecule has 1 aliphatic carbocycles. The fourth-order valence-electron chi connectivity index (χ4n) is 4.00. The quantitative estimate of drug-likeness (QED) is 0.586. The van der Waals surface area contributed by atoms with Crippen LogP contribution in [0.25, 0.3) is 22.6 Å². The van der Waals surface area contributed by atoms with Crippen LogP contribution in [0.3, 0.4) is 0 Å². The molecule has 1 aliphatic rings. The molecule has 0 spiro atoms. The zero-order valence-electron chi connectivity index (χ0n) is 17.2. The summed E-state index contributed by atoms with van der Waals surface area (Å²) in [6, 6.07) is 9.13. The molecule has 7 nitrogen and oxygen atoms in total. The molecule has 3 aromatic rings. The van der Waals surface area contributed by atoms with Crippen molar-refractivity contribution in [3.05, 3.63) is 47.8 Å². The molecular weight excluding hydrogens is 401 g/mol. The Morgan fingerprint density at radius 2 is 1.97 bits per heavy atom. The van der Waals surface area contributed by atoms with Crippen molar-refractivity contribution >= 4 is 28.8 Å². The Balaban J connectivity index is 1.53. The smallest absolute Gasteiger partial charge is 0.323 e. The van der Waals surface area contributed by atoms with E-state index in [4.69, 9.17) is 4.42 Å². The molecule has 0 radical (unpaired) electrons. The highest BCUT2D eigenvalue weighted by Crippen LogP contribution is 2.28. The number of hydrogen-bond acceptors (Lipinski definition) is 4. The Hall–Kier alpha value is -3.42. The van der Waals surface area contributed by atoms with E-state index < -0.39 is 24.4 Å². The lowest BCUT2D eigenvalue weighted by molar-refractivity contribution is -0.138. The van der Waals surface area contributed by atoms with Gasteiger partial charge in [0, 0.05) is 11.6 Å². The lowest BCUT2D eigenvalue weighted by atomic mass is 9.94. The van der Waals surface area contributed by atoms with Crippen molar-refractivity contribution in [1.82, 2.24) is 9.88 Å². The molecule has 8 heteroatoms. The first-order chi connectivity index (χ1) is 14.9. The van der Waals surface area contributed by atoms with Crippen LogP contribution >= 0.6 is 0 Å². The molecule has 2 amide bonds. The SMILES string of the molecule is Cc1ccc2oc(-c3ccc(NC(=O)N(CC(=O)O)C4CCCCC4)c(F)c3)nc2c1. The number of rotatable bonds is 5. The van der Waals surface area contributed by atoms with Crippen molar-refractivity contribution in [1.29, 1.82) is 0 Å². The molecule has 0 saturated heterocycles. The molecule has 0 unspecified atom stereocenters. The lowest BCUT2D eigenvalue weighted by Crippen LogP contribution is -2.46. The first kappa shape index (κ1) is 20.8. The first-order valence-corrected chi connectivity index (χ1v) is 10.4. The standard InChI is InChI=1S/C23H24FN3O4/c1-14-7-10-20-19(11-14)25-22(31-20)15-8-9-18(17(24)12-15)26-23(30)27(13-21(28)29)16-5-3-2-4-6-16/h7-12,16H,2-6,13H2,1H3,(H,26,30)(H,28,29). The fourth-order valence-corrected chi connectivity index (χ4v) is 4.00. The Kier molecular flexibility index (Phi) is 5.88. The normalized spacial score (nSPS) is 14.5. The number of carbonyl (C=O) groups is 2. The van der Waals surface area contributed by atoms with E-state index in [1.807, 2.05) is 25.1 Å². The number of carbonyl (C=O) groups excluding carboxylic acids is 1. The van der Waals surface area contributed by atoms with E-state index in [0.29, 0.717) is 16.7 Å². The second-order valence-electron chi connectivity index (χ2n) is 7.93. The van der Waals surface area contributed by atoms with E-state index in [9.17, 15) is 19.1 Å². The van der Waals surface area contributed by atoms with Crippen molar-refractivity contribution < 1.29 is 23.5 Å². The third-order valence-corrected chi connectivity index (χ3v) is 5.58. The number of fused-ring (bicyclic) bond motifs is 1. The van der Waals surface area contributed by atoms with E-state index in [2.05, 4.69) is 10.3 Å². The van der Waals surface area contributed by atoms with Gasteiger partial charge in [0.1, 0.15) is 17.9 Å². The zero-order chi connectivity index (χ0) is 22.0. The molecule has 1 saturated carbocycles. The molecule has 31 heavy (non-hydrogen) atoms. The minimum Gasteiger partial charge on any atom is -0.480 e. The second-order valence-corrected chi connectivity index (χ2v) is 7.93. The minimum absolute atomic E-state index is 0.0214. The van der Waals surface area contributed by atoms with Crippen LogP contribution in [0.2, 0.25) is 0 Å². The van der Waals surface area contributed by atoms with Crippen molar-refractivity contribution in [2.45, 2.75) is 45.1 Å². The fraction of sp³-hybridized carbons (Fsp3) is 0.348. The van der Waals surface area contributed by atoms with Crippen molar-refractivity contribution in [3.8, 4) is 11.5 Å². The number of nitrogens with one attached hydrogen (secondary N) is 1. The number of carboxylic acids is 1. The minimum atomic E-state index is -1.09. The summed E-state index contributed by atoms with van der Waals surface area (Å²) in [6.07, 6.45) is 4.46. The van der Waals surface area contributed by atoms with Crippen molar-refractivity contribution in [2.24, 2.45) is 0 Å². The number of halogens is 1. The second kappa shape index (κ2) is 8.75. The topological polar surface area (TPSA) is 95.7 Å². The van der Waals surface area contributed by atoms with Gasteiger partial charge in [-0.05, 0) is 55.7 Å². The highest BCUT2D eigenvalue weighted by atomic mass is 19.1. The molecule has 1 aromatic heterocycles. The summed E-state index contributed by atoms with van der Waals surface area (Å²) in [4.78, 5) is 29.7. The van der Waals surface area contributed by atoms with E-state index in [1.165, 1.54) is 17.0 Å². The average Bonchev–Trinajstić information content (AvgIpc) is 3.17. The number of aromatic nitrogens is 1. The summed E-state index contributed by atoms with van der Waals surface area (Å²) in [6.45, 7) is 1.53. The largest absolute Gasteiger partial charge is 0.480 e. The van der Waals surface area contributed by atoms with E-state index in [0.717, 1.165) is 37.7 Å². The zero-order valence-corrected chi connectivity index (χ0v) is 17.2. The number of hydrogen-bond donors (Lipinski definition) is 2. The summed E-state index contributed by atoms with van der Waals surface area (Å²) in [5.74, 6) is -1.46. The van der Waals surface area contributed by atoms with Gasteiger partial charge in [-0.1, -0.05) is 25.3 Å². The van der Waals surface area contributed by atoms with Crippen LogP contribution in [-0.4, -0.2) is 39.6 Å². The monoisotopic (exact) mass is 425 g/mol. The summed E-state index contributed by atoms with van der Waals surface area (Å²) < 4.78 is 20.5. The highest BCUT2D eigenvalue weighted by molar-refractivity contribution is 5.92. The maximum Gasteiger partial charge on any atom is 0.323 e. The molecule has 1 heterocycles. The van der Waals surface area contributed by atoms with Gasteiger partial charge in [0.25, 0.3) is 0 Å². The third-order valence-electron chi connectivity index (χ3n) is 5.58. The van der Waals surface area contributed by atoms with Crippen LogP contribution < -0.4 is 5.32 Å². The van der Waals surface area contributed by atoms with Crippen molar-refractivity contribution in [3.63, 3.8) is 0 Å². The van der Waals surface area contributed by atoms with E-state index >= 15 is 0 Å². The average molecular weight is 425 g/mol. The summed E-state index contributed by atoms with van der Waals surface area (Å²) in [5, 5.41) is 11.7.